The summed E-state index contributed by atoms with van der Waals surface area (Å²) in [6.07, 6.45) is 3.72. The van der Waals surface area contributed by atoms with Gasteiger partial charge in [0.1, 0.15) is 0 Å². The summed E-state index contributed by atoms with van der Waals surface area (Å²) in [5, 5.41) is 6.40. The molecular weight excluding hydrogens is 358 g/mol. The largest absolute Gasteiger partial charge is 0.344 e. The Bertz CT molecular complexity index is 655. The van der Waals surface area contributed by atoms with Crippen LogP contribution in [0.5, 0.6) is 0 Å². The molecule has 0 amide bonds. The number of nitrogens with one attached hydrogen (secondary N) is 2. The molecule has 0 spiro atoms. The normalized spacial score (nSPS) is 12.0. The molecule has 0 aliphatic carbocycles. The number of hydrogen-bond acceptors (Lipinski definition) is 2. The summed E-state index contributed by atoms with van der Waals surface area (Å²) >= 11 is 7.55. The predicted octanol–water partition coefficient (Wildman–Crippen LogP) is 3.96. The van der Waals surface area contributed by atoms with Gasteiger partial charge in [-0.15, -0.1) is 11.3 Å². The van der Waals surface area contributed by atoms with Gasteiger partial charge in [-0.1, -0.05) is 37.6 Å². The monoisotopic (exact) mass is 390 g/mol. The van der Waals surface area contributed by atoms with Crippen LogP contribution in [0.15, 0.2) is 41.8 Å². The quantitative estimate of drug-likeness (QED) is 0.599. The van der Waals surface area contributed by atoms with Gasteiger partial charge in [0.05, 0.1) is 26.7 Å². The molecule has 0 saturated carbocycles. The zero-order valence-corrected chi connectivity index (χ0v) is 17.9. The maximum atomic E-state index is 5.75. The van der Waals surface area contributed by atoms with E-state index < -0.39 is 0 Å². The van der Waals surface area contributed by atoms with Gasteiger partial charge in [-0.2, -0.15) is 0 Å². The van der Waals surface area contributed by atoms with E-state index in [9.17, 15) is 0 Å². The van der Waals surface area contributed by atoms with Crippen LogP contribution in [0.1, 0.15) is 36.6 Å². The van der Waals surface area contributed by atoms with Crippen molar-refractivity contribution in [2.45, 2.75) is 39.7 Å². The molecule has 2 rings (SSSR count). The molecule has 0 saturated heterocycles. The minimum atomic E-state index is 0.818. The number of thiocarbonyl (C=S) groups is 1. The molecule has 0 aliphatic heterocycles. The fraction of sp³-hybridized carbons (Fsp3) is 0.476. The fourth-order valence-electron chi connectivity index (χ4n) is 2.93. The third-order valence-electron chi connectivity index (χ3n) is 4.59. The van der Waals surface area contributed by atoms with Crippen LogP contribution < -0.4 is 10.2 Å². The van der Waals surface area contributed by atoms with Crippen LogP contribution in [0, 0.1) is 6.92 Å². The second kappa shape index (κ2) is 11.3. The van der Waals surface area contributed by atoms with Crippen molar-refractivity contribution in [3.63, 3.8) is 0 Å². The van der Waals surface area contributed by atoms with E-state index in [4.69, 9.17) is 12.2 Å². The van der Waals surface area contributed by atoms with E-state index in [1.807, 2.05) is 6.07 Å². The van der Waals surface area contributed by atoms with Crippen LogP contribution in [-0.2, 0) is 6.54 Å². The lowest BCUT2D eigenvalue weighted by atomic mass is 10.2. The molecule has 142 valence electrons. The fourth-order valence-corrected chi connectivity index (χ4v) is 3.91. The Balaban J connectivity index is 1.94. The topological polar surface area (TPSA) is 19.7 Å². The van der Waals surface area contributed by atoms with Gasteiger partial charge in [0.2, 0.25) is 0 Å². The zero-order valence-electron chi connectivity index (χ0n) is 16.3. The molecule has 3 nitrogen and oxygen atoms in total. The van der Waals surface area contributed by atoms with Gasteiger partial charge in [0.15, 0.2) is 5.11 Å². The number of anilines is 1. The maximum absolute atomic E-state index is 5.75. The van der Waals surface area contributed by atoms with Crippen molar-refractivity contribution < 1.29 is 4.90 Å². The van der Waals surface area contributed by atoms with E-state index in [0.717, 1.165) is 30.3 Å². The van der Waals surface area contributed by atoms with Crippen LogP contribution >= 0.6 is 23.6 Å². The second-order valence-electron chi connectivity index (χ2n) is 6.91. The van der Waals surface area contributed by atoms with Crippen molar-refractivity contribution in [2.75, 3.05) is 32.0 Å². The van der Waals surface area contributed by atoms with Gasteiger partial charge in [-0.25, -0.2) is 0 Å². The lowest BCUT2D eigenvalue weighted by Crippen LogP contribution is -3.09. The van der Waals surface area contributed by atoms with E-state index in [-0.39, 0.29) is 0 Å². The van der Waals surface area contributed by atoms with Crippen molar-refractivity contribution in [3.8, 4) is 0 Å². The number of unbranched alkanes of at least 4 members (excludes halogenated alkanes) is 1. The Hall–Kier alpha value is -1.43. The highest BCUT2D eigenvalue weighted by Gasteiger charge is 2.13. The molecule has 0 aliphatic rings. The van der Waals surface area contributed by atoms with Gasteiger partial charge < -0.3 is 15.1 Å². The molecule has 1 atom stereocenters. The number of rotatable bonds is 10. The first-order valence-corrected chi connectivity index (χ1v) is 10.8. The Morgan fingerprint density at radius 2 is 1.92 bits per heavy atom. The van der Waals surface area contributed by atoms with Gasteiger partial charge in [-0.3, -0.25) is 0 Å². The Morgan fingerprint density at radius 1 is 1.15 bits per heavy atom. The summed E-state index contributed by atoms with van der Waals surface area (Å²) in [4.78, 5) is 5.27. The second-order valence-corrected chi connectivity index (χ2v) is 8.33. The summed E-state index contributed by atoms with van der Waals surface area (Å²) in [6, 6.07) is 12.6. The molecule has 1 aromatic heterocycles. The van der Waals surface area contributed by atoms with Crippen molar-refractivity contribution in [3.05, 3.63) is 52.2 Å². The first-order chi connectivity index (χ1) is 12.6. The number of aryl methyl sites for hydroxylation is 1. The lowest BCUT2D eigenvalue weighted by molar-refractivity contribution is -0.880. The van der Waals surface area contributed by atoms with Crippen LogP contribution in [0.3, 0.4) is 0 Å². The Morgan fingerprint density at radius 3 is 2.62 bits per heavy atom. The van der Waals surface area contributed by atoms with Crippen LogP contribution in [0.2, 0.25) is 0 Å². The number of para-hydroxylation sites is 1. The van der Waals surface area contributed by atoms with Crippen LogP contribution in [0.4, 0.5) is 5.69 Å². The minimum Gasteiger partial charge on any atom is -0.344 e. The number of nitrogens with zero attached hydrogens (tertiary/aromatic N) is 1. The summed E-state index contributed by atoms with van der Waals surface area (Å²) in [5.41, 5.74) is 2.31. The van der Waals surface area contributed by atoms with Gasteiger partial charge in [0, 0.05) is 23.5 Å². The highest BCUT2D eigenvalue weighted by Crippen LogP contribution is 2.17. The van der Waals surface area contributed by atoms with Gasteiger partial charge >= 0.3 is 0 Å². The molecule has 2 aromatic rings. The van der Waals surface area contributed by atoms with Crippen LogP contribution in [-0.4, -0.2) is 36.7 Å². The van der Waals surface area contributed by atoms with E-state index in [0.29, 0.717) is 0 Å². The SMILES string of the molecule is CCCC[NH+](C)CCCN(Cc1cccs1)C(=S)Nc1ccccc1C. The third-order valence-corrected chi connectivity index (χ3v) is 5.81. The van der Waals surface area contributed by atoms with Crippen LogP contribution in [0.25, 0.3) is 0 Å². The van der Waals surface area contributed by atoms with Crippen molar-refractivity contribution in [1.29, 1.82) is 0 Å². The van der Waals surface area contributed by atoms with Crippen molar-refractivity contribution in [2.24, 2.45) is 0 Å². The molecule has 26 heavy (non-hydrogen) atoms. The lowest BCUT2D eigenvalue weighted by Gasteiger charge is -2.26. The molecular formula is C21H32N3S2+. The van der Waals surface area contributed by atoms with E-state index in [1.165, 1.54) is 36.4 Å². The van der Waals surface area contributed by atoms with E-state index in [2.05, 4.69) is 66.8 Å². The van der Waals surface area contributed by atoms with Gasteiger partial charge in [0.25, 0.3) is 0 Å². The molecule has 0 bridgehead atoms. The first kappa shape index (κ1) is 20.9. The summed E-state index contributed by atoms with van der Waals surface area (Å²) in [6.45, 7) is 8.68. The Kier molecular flexibility index (Phi) is 9.09. The molecule has 2 N–H and O–H groups in total. The average Bonchev–Trinajstić information content (AvgIpc) is 3.14. The molecule has 0 radical (unpaired) electrons. The third kappa shape index (κ3) is 7.06. The van der Waals surface area contributed by atoms with Gasteiger partial charge in [-0.05, 0) is 48.6 Å². The molecule has 0 fully saturated rings. The number of hydrogen-bond donors (Lipinski definition) is 2. The standard InChI is InChI=1S/C21H31N3S2/c1-4-5-13-23(3)14-9-15-24(17-19-11-8-16-26-19)21(25)22-20-12-7-6-10-18(20)2/h6-8,10-12,16H,4-5,9,13-15,17H2,1-3H3,(H,22,25)/p+1. The molecule has 1 unspecified atom stereocenters. The highest BCUT2D eigenvalue weighted by molar-refractivity contribution is 7.80. The summed E-state index contributed by atoms with van der Waals surface area (Å²) < 4.78 is 0. The van der Waals surface area contributed by atoms with E-state index in [1.54, 1.807) is 16.2 Å². The maximum Gasteiger partial charge on any atom is 0.173 e. The predicted molar refractivity (Wildman–Crippen MR) is 118 cm³/mol. The summed E-state index contributed by atoms with van der Waals surface area (Å²) in [7, 11) is 2.29. The number of quaternary nitrogens is 1. The smallest absolute Gasteiger partial charge is 0.173 e. The first-order valence-electron chi connectivity index (χ1n) is 9.55. The minimum absolute atomic E-state index is 0.818. The number of benzene rings is 1. The zero-order chi connectivity index (χ0) is 18.8. The molecule has 5 heteroatoms. The van der Waals surface area contributed by atoms with Crippen molar-refractivity contribution >= 4 is 34.4 Å². The summed E-state index contributed by atoms with van der Waals surface area (Å²) in [5.74, 6) is 0. The molecule has 1 aromatic carbocycles. The van der Waals surface area contributed by atoms with Crippen molar-refractivity contribution in [1.82, 2.24) is 4.90 Å². The average molecular weight is 391 g/mol. The highest BCUT2D eigenvalue weighted by atomic mass is 32.1. The Labute approximate surface area is 168 Å². The number of thiophene rings is 1. The molecule has 1 heterocycles. The van der Waals surface area contributed by atoms with E-state index >= 15 is 0 Å².